The van der Waals surface area contributed by atoms with Crippen molar-refractivity contribution in [3.8, 4) is 20.9 Å². The summed E-state index contributed by atoms with van der Waals surface area (Å²) in [6, 6.07) is 24.1. The Morgan fingerprint density at radius 2 is 0.731 bits per heavy atom. The summed E-state index contributed by atoms with van der Waals surface area (Å²) in [5, 5.41) is 36.4. The summed E-state index contributed by atoms with van der Waals surface area (Å²) in [5.41, 5.74) is 12.0. The Morgan fingerprint density at radius 1 is 0.449 bits per heavy atom. The molecule has 0 atom stereocenters. The van der Waals surface area contributed by atoms with Gasteiger partial charge in [-0.1, -0.05) is 199 Å². The average Bonchev–Trinajstić information content (AvgIpc) is 4.35. The summed E-state index contributed by atoms with van der Waals surface area (Å²) < 4.78 is 5.13. The van der Waals surface area contributed by atoms with Crippen molar-refractivity contribution in [2.45, 2.75) is 129 Å². The number of hydrogen-bond donors (Lipinski definition) is 7. The summed E-state index contributed by atoms with van der Waals surface area (Å²) in [5.74, 6) is 1.59. The van der Waals surface area contributed by atoms with Crippen LogP contribution in [0.15, 0.2) is 118 Å². The number of rotatable bonds is 7. The van der Waals surface area contributed by atoms with Crippen LogP contribution in [0.2, 0.25) is 0 Å². The summed E-state index contributed by atoms with van der Waals surface area (Å²) in [6.07, 6.45) is 9.26. The zero-order valence-electron chi connectivity index (χ0n) is 50.7. The van der Waals surface area contributed by atoms with Crippen LogP contribution in [0, 0.1) is 0 Å². The molecule has 8 N–H and O–H groups in total. The smallest absolute Gasteiger partial charge is 0.423 e. The van der Waals surface area contributed by atoms with Crippen LogP contribution in [0.5, 0.6) is 0 Å². The highest BCUT2D eigenvalue weighted by Crippen LogP contribution is 2.32. The molecule has 448 valence electrons. The zero-order chi connectivity index (χ0) is 62.9. The first-order valence-electron chi connectivity index (χ1n) is 25.4. The van der Waals surface area contributed by atoms with Crippen LogP contribution in [-0.2, 0) is 0 Å². The summed E-state index contributed by atoms with van der Waals surface area (Å²) in [7, 11) is 3.64. The number of hydrogen-bond acceptors (Lipinski definition) is 15. The van der Waals surface area contributed by atoms with Crippen molar-refractivity contribution >= 4 is 163 Å². The lowest BCUT2D eigenvalue weighted by atomic mass is 9.81. The van der Waals surface area contributed by atoms with Gasteiger partial charge in [0.2, 0.25) is 0 Å². The zero-order valence-corrected chi connectivity index (χ0v) is 63.7. The maximum Gasteiger partial charge on any atom is 0.488 e. The molecule has 0 amide bonds. The predicted octanol–water partition coefficient (Wildman–Crippen LogP) is 18.9. The normalized spacial score (nSPS) is 8.65. The fraction of sp³-hybridized carbons (Fsp3) is 0.464. The van der Waals surface area contributed by atoms with E-state index in [9.17, 15) is 0 Å². The lowest BCUT2D eigenvalue weighted by molar-refractivity contribution is 0.399. The molecular weight excluding hydrogens is 1420 g/mol. The minimum atomic E-state index is -1.37. The molecule has 7 aromatic rings. The Bertz CT molecular complexity index is 2220. The van der Waals surface area contributed by atoms with E-state index in [1.807, 2.05) is 87.8 Å². The van der Waals surface area contributed by atoms with Gasteiger partial charge in [-0.25, -0.2) is 19.9 Å². The van der Waals surface area contributed by atoms with E-state index in [2.05, 4.69) is 227 Å². The van der Waals surface area contributed by atoms with Gasteiger partial charge in [0.05, 0.1) is 44.7 Å². The Balaban J connectivity index is -0.000000123. The van der Waals surface area contributed by atoms with Crippen LogP contribution in [0.3, 0.4) is 0 Å². The molecule has 0 aliphatic heterocycles. The Hall–Kier alpha value is -0.815. The van der Waals surface area contributed by atoms with E-state index in [1.54, 1.807) is 82.1 Å². The van der Waals surface area contributed by atoms with Crippen molar-refractivity contribution < 1.29 is 20.3 Å². The first-order valence-corrected chi connectivity index (χ1v) is 35.7. The van der Waals surface area contributed by atoms with E-state index in [-0.39, 0.29) is 7.92 Å². The maximum atomic E-state index is 8.65. The Labute approximate surface area is 540 Å². The van der Waals surface area contributed by atoms with Crippen molar-refractivity contribution in [1.82, 2.24) is 19.9 Å². The van der Waals surface area contributed by atoms with E-state index in [1.165, 1.54) is 55.3 Å². The van der Waals surface area contributed by atoms with Gasteiger partial charge < -0.3 is 31.7 Å². The van der Waals surface area contributed by atoms with Gasteiger partial charge >= 0.3 is 7.12 Å². The molecule has 0 aliphatic carbocycles. The summed E-state index contributed by atoms with van der Waals surface area (Å²) >= 11 is 26.9. The number of thiol groups is 1. The quantitative estimate of drug-likeness (QED) is 0.0460. The molecule has 10 nitrogen and oxygen atoms in total. The number of aromatic nitrogens is 4. The first kappa shape index (κ1) is 93.6. The van der Waals surface area contributed by atoms with Crippen LogP contribution in [-0.4, -0.2) is 95.2 Å². The van der Waals surface area contributed by atoms with E-state index < -0.39 is 7.12 Å². The number of nitrogens with zero attached hydrogens (tertiary/aromatic N) is 4. The average molecular weight is 1520 g/mol. The molecule has 0 aliphatic rings. The molecule has 0 spiro atoms. The number of aliphatic hydroxyl groups is 2. The second kappa shape index (κ2) is 67.0. The van der Waals surface area contributed by atoms with Gasteiger partial charge in [-0.15, -0.1) is 45.3 Å². The molecule has 4 heterocycles. The van der Waals surface area contributed by atoms with Gasteiger partial charge in [0.25, 0.3) is 0 Å². The van der Waals surface area contributed by atoms with Gasteiger partial charge in [-0.2, -0.15) is 12.6 Å². The van der Waals surface area contributed by atoms with E-state index >= 15 is 0 Å². The molecule has 7 rings (SSSR count). The van der Waals surface area contributed by atoms with Gasteiger partial charge in [0.15, 0.2) is 3.92 Å². The van der Waals surface area contributed by atoms with E-state index in [0.29, 0.717) is 23.2 Å². The maximum absolute atomic E-state index is 8.65. The third-order valence-corrected chi connectivity index (χ3v) is 16.3. The van der Waals surface area contributed by atoms with Gasteiger partial charge in [0, 0.05) is 53.3 Å². The second-order valence-corrected chi connectivity index (χ2v) is 25.8. The lowest BCUT2D eigenvalue weighted by Gasteiger charge is -2.06. The van der Waals surface area contributed by atoms with Gasteiger partial charge in [-0.05, 0) is 128 Å². The predicted molar refractivity (Wildman–Crippen MR) is 383 cm³/mol. The molecule has 0 unspecified atom stereocenters. The molecule has 4 aromatic heterocycles. The van der Waals surface area contributed by atoms with Crippen LogP contribution in [0.1, 0.15) is 144 Å². The summed E-state index contributed by atoms with van der Waals surface area (Å²) in [4.78, 5) is 19.5. The van der Waals surface area contributed by atoms with Gasteiger partial charge in [0.1, 0.15) is 0 Å². The molecule has 0 radical (unpaired) electrons. The van der Waals surface area contributed by atoms with Crippen molar-refractivity contribution in [3.05, 3.63) is 133 Å². The molecule has 0 bridgehead atoms. The minimum Gasteiger partial charge on any atom is -0.423 e. The van der Waals surface area contributed by atoms with Crippen molar-refractivity contribution in [3.63, 3.8) is 0 Å². The molecule has 0 saturated heterocycles. The molecule has 0 saturated carbocycles. The van der Waals surface area contributed by atoms with Crippen LogP contribution >= 0.6 is 146 Å². The third kappa shape index (κ3) is 47.7. The number of benzene rings is 3. The fourth-order valence-corrected chi connectivity index (χ4v) is 10.9. The molecular formula is C56H97BBr5N6O4PS5. The minimum absolute atomic E-state index is 0.00583. The van der Waals surface area contributed by atoms with E-state index in [0.717, 1.165) is 34.7 Å². The molecule has 78 heavy (non-hydrogen) atoms. The number of nitrogens with two attached hydrogens (primary N) is 2. The van der Waals surface area contributed by atoms with Crippen LogP contribution in [0.4, 0.5) is 0 Å². The largest absolute Gasteiger partial charge is 0.488 e. The molecule has 3 aromatic carbocycles. The van der Waals surface area contributed by atoms with Gasteiger partial charge in [-0.3, -0.25) is 0 Å². The van der Waals surface area contributed by atoms with Crippen molar-refractivity contribution in [2.75, 3.05) is 47.9 Å². The summed E-state index contributed by atoms with van der Waals surface area (Å²) in [6.45, 7) is 37.6. The Morgan fingerprint density at radius 3 is 0.949 bits per heavy atom. The fourth-order valence-electron chi connectivity index (χ4n) is 4.32. The first-order chi connectivity index (χ1) is 37.4. The number of halogens is 5. The lowest BCUT2D eigenvalue weighted by Crippen LogP contribution is -2.29. The van der Waals surface area contributed by atoms with Crippen LogP contribution < -0.4 is 22.2 Å². The number of thiazole rings is 4. The highest BCUT2D eigenvalue weighted by molar-refractivity contribution is 9.12. The second-order valence-electron chi connectivity index (χ2n) is 13.4. The van der Waals surface area contributed by atoms with Crippen molar-refractivity contribution in [2.24, 2.45) is 11.5 Å². The topological polar surface area (TPSA) is 185 Å². The van der Waals surface area contributed by atoms with E-state index in [4.69, 9.17) is 20.3 Å². The highest BCUT2D eigenvalue weighted by Gasteiger charge is 2.10. The molecule has 0 fully saturated rings. The third-order valence-electron chi connectivity index (χ3n) is 7.44. The number of aliphatic hydroxyl groups excluding tert-OH is 2. The van der Waals surface area contributed by atoms with Crippen molar-refractivity contribution in [1.29, 1.82) is 0 Å². The Kier molecular flexibility index (Phi) is 80.4. The van der Waals surface area contributed by atoms with Crippen LogP contribution in [0.25, 0.3) is 20.9 Å². The molecule has 22 heteroatoms. The standard InChI is InChI=1S/C14H18NPS.C12H12BrNS.C6H6BBrO2.C6H8BrNS.C3HBr2NS.5C2H6.2CH5N.2CH4O.CH4S/c1-10(2)14-15-9-13(17-14)11-5-7-12(8-6-11)16(3)4;1-8(2)12-14-7-11(15-12)9-3-5-10(13)6-4-9;8-6-3-1-5(2-4-6)7(9)10;1-4(2)6-8-3-5(7)9-6;4-2-1-6-3(5)7-2;10*1-2/h5-10H,1-4H3;3-8H,1-2H3;1-4,9-10H;3-4H,1-2H3;1H;5*1-2H3;2*2H2,1H3;3*2H,1H3. The highest BCUT2D eigenvalue weighted by atomic mass is 79.9. The SMILES string of the molecule is Brc1cnc(Br)s1.CC.CC.CC.CC.CC.CC(C)c1ncc(-c2ccc(Br)cc2)s1.CC(C)c1ncc(-c2ccc(P(C)C)cc2)s1.CC(C)c1ncc(Br)s1.CN.CN.CO.CO.CS.OB(O)c1ccc(Br)cc1. The monoisotopic (exact) mass is 1510 g/mol.